The van der Waals surface area contributed by atoms with Gasteiger partial charge in [-0.3, -0.25) is 19.2 Å². The van der Waals surface area contributed by atoms with E-state index < -0.39 is 33.4 Å². The first kappa shape index (κ1) is 22.9. The molecular weight excluding hydrogens is 420 g/mol. The van der Waals surface area contributed by atoms with Crippen LogP contribution in [0.2, 0.25) is 0 Å². The van der Waals surface area contributed by atoms with Gasteiger partial charge in [0.05, 0.1) is 11.5 Å². The van der Waals surface area contributed by atoms with Crippen molar-refractivity contribution in [2.45, 2.75) is 98.2 Å². The zero-order valence-corrected chi connectivity index (χ0v) is 20.7. The molecule has 1 saturated heterocycles. The summed E-state index contributed by atoms with van der Waals surface area (Å²) < 4.78 is 5.76. The zero-order valence-electron chi connectivity index (χ0n) is 20.7. The minimum absolute atomic E-state index is 0.0194. The maximum absolute atomic E-state index is 14.0. The number of carbonyl (C=O) groups excluding carboxylic acids is 4. The second-order valence-electron chi connectivity index (χ2n) is 12.8. The normalized spacial score (nSPS) is 49.0. The fourth-order valence-corrected chi connectivity index (χ4v) is 8.89. The molecule has 4 aliphatic carbocycles. The standard InChI is InChI=1S/C27H36O6/c1-23(2)16-11-14(28)22-21(24(16,3)9-7-18(23)30)15(29)13-25(4)17(12-19(31)27(22,25)6)26(5)10-8-20(32)33-26/h14,16-17,28H,7-13H2,1-6H3/t14-,16-,17-,24-,25+,26+,27-/m0/s1. The van der Waals surface area contributed by atoms with E-state index in [1.165, 1.54) is 0 Å². The Kier molecular flexibility index (Phi) is 4.48. The van der Waals surface area contributed by atoms with E-state index in [4.69, 9.17) is 4.74 Å². The largest absolute Gasteiger partial charge is 0.459 e. The SMILES string of the molecule is CC1(C)C(=O)CC[C@]2(C)C3=C([C@@H](O)C[C@@H]12)[C@]1(C)C(=O)C[C@H]([C@@]2(C)CCC(=O)O2)[C@@]1(C)CC3=O. The number of rotatable bonds is 1. The first-order valence-electron chi connectivity index (χ1n) is 12.4. The first-order chi connectivity index (χ1) is 15.1. The average molecular weight is 457 g/mol. The van der Waals surface area contributed by atoms with E-state index in [9.17, 15) is 24.3 Å². The van der Waals surface area contributed by atoms with Crippen LogP contribution in [0, 0.1) is 33.5 Å². The molecular formula is C27H36O6. The summed E-state index contributed by atoms with van der Waals surface area (Å²) in [5.74, 6) is -0.521. The van der Waals surface area contributed by atoms with Crippen molar-refractivity contribution < 1.29 is 29.0 Å². The van der Waals surface area contributed by atoms with Crippen LogP contribution < -0.4 is 0 Å². The van der Waals surface area contributed by atoms with Crippen LogP contribution >= 0.6 is 0 Å². The van der Waals surface area contributed by atoms with Crippen LogP contribution in [0.25, 0.3) is 0 Å². The number of hydrogen-bond donors (Lipinski definition) is 1. The van der Waals surface area contributed by atoms with Gasteiger partial charge in [-0.25, -0.2) is 0 Å². The molecule has 6 nitrogen and oxygen atoms in total. The Balaban J connectivity index is 1.70. The summed E-state index contributed by atoms with van der Waals surface area (Å²) in [5, 5.41) is 11.5. The number of aliphatic hydroxyl groups excluding tert-OH is 1. The summed E-state index contributed by atoms with van der Waals surface area (Å²) in [5.41, 5.74) is -2.53. The molecule has 0 aromatic rings. The molecule has 1 heterocycles. The van der Waals surface area contributed by atoms with Gasteiger partial charge < -0.3 is 9.84 Å². The van der Waals surface area contributed by atoms with Crippen LogP contribution in [0.3, 0.4) is 0 Å². The van der Waals surface area contributed by atoms with Gasteiger partial charge in [0.2, 0.25) is 0 Å². The highest BCUT2D eigenvalue weighted by Crippen LogP contribution is 2.71. The molecule has 0 unspecified atom stereocenters. The van der Waals surface area contributed by atoms with Crippen molar-refractivity contribution in [3.8, 4) is 0 Å². The Morgan fingerprint density at radius 3 is 2.15 bits per heavy atom. The molecule has 3 fully saturated rings. The Labute approximate surface area is 195 Å². The number of cyclic esters (lactones) is 1. The van der Waals surface area contributed by atoms with Gasteiger partial charge in [-0.15, -0.1) is 0 Å². The molecule has 2 saturated carbocycles. The summed E-state index contributed by atoms with van der Waals surface area (Å²) in [6.45, 7) is 11.7. The second kappa shape index (κ2) is 6.44. The molecule has 0 spiro atoms. The molecule has 0 radical (unpaired) electrons. The van der Waals surface area contributed by atoms with Gasteiger partial charge in [0.15, 0.2) is 5.78 Å². The van der Waals surface area contributed by atoms with E-state index in [0.717, 1.165) is 0 Å². The Morgan fingerprint density at radius 1 is 0.879 bits per heavy atom. The average Bonchev–Trinajstić information content (AvgIpc) is 3.16. The van der Waals surface area contributed by atoms with Gasteiger partial charge in [0, 0.05) is 48.0 Å². The van der Waals surface area contributed by atoms with Crippen LogP contribution in [0.1, 0.15) is 86.5 Å². The van der Waals surface area contributed by atoms with Crippen molar-refractivity contribution in [1.82, 2.24) is 0 Å². The van der Waals surface area contributed by atoms with Crippen molar-refractivity contribution in [3.05, 3.63) is 11.1 Å². The van der Waals surface area contributed by atoms with Crippen molar-refractivity contribution in [2.24, 2.45) is 33.5 Å². The van der Waals surface area contributed by atoms with E-state index in [1.807, 2.05) is 34.6 Å². The quantitative estimate of drug-likeness (QED) is 0.604. The van der Waals surface area contributed by atoms with E-state index in [1.54, 1.807) is 0 Å². The van der Waals surface area contributed by atoms with Crippen LogP contribution in [-0.2, 0) is 23.9 Å². The van der Waals surface area contributed by atoms with Crippen LogP contribution in [-0.4, -0.2) is 40.1 Å². The fourth-order valence-electron chi connectivity index (χ4n) is 8.89. The summed E-state index contributed by atoms with van der Waals surface area (Å²) in [6, 6.07) is 0. The Hall–Kier alpha value is -1.82. The smallest absolute Gasteiger partial charge is 0.306 e. The number of Topliss-reactive ketones (excluding diaryl/α,β-unsaturated/α-hetero) is 3. The third kappa shape index (κ3) is 2.54. The molecule has 5 rings (SSSR count). The highest BCUT2D eigenvalue weighted by atomic mass is 16.6. The topological polar surface area (TPSA) is 97.7 Å². The van der Waals surface area contributed by atoms with Crippen LogP contribution in [0.15, 0.2) is 11.1 Å². The Bertz CT molecular complexity index is 1040. The molecule has 1 aliphatic heterocycles. The third-order valence-corrected chi connectivity index (χ3v) is 11.0. The molecule has 1 N–H and O–H groups in total. The minimum atomic E-state index is -1.00. The van der Waals surface area contributed by atoms with Crippen molar-refractivity contribution in [2.75, 3.05) is 0 Å². The summed E-state index contributed by atoms with van der Waals surface area (Å²) in [6.07, 6.45) is 1.67. The van der Waals surface area contributed by atoms with E-state index in [-0.39, 0.29) is 48.0 Å². The van der Waals surface area contributed by atoms with Gasteiger partial charge in [0.1, 0.15) is 17.2 Å². The molecule has 0 amide bonds. The second-order valence-corrected chi connectivity index (χ2v) is 12.8. The minimum Gasteiger partial charge on any atom is -0.459 e. The molecule has 33 heavy (non-hydrogen) atoms. The molecule has 0 bridgehead atoms. The maximum atomic E-state index is 14.0. The lowest BCUT2D eigenvalue weighted by Gasteiger charge is -2.60. The summed E-state index contributed by atoms with van der Waals surface area (Å²) in [7, 11) is 0. The van der Waals surface area contributed by atoms with E-state index in [0.29, 0.717) is 43.3 Å². The van der Waals surface area contributed by atoms with Gasteiger partial charge in [-0.05, 0) is 50.0 Å². The number of esters is 1. The predicted octanol–water partition coefficient (Wildman–Crippen LogP) is 3.73. The van der Waals surface area contributed by atoms with Crippen LogP contribution in [0.4, 0.5) is 0 Å². The lowest BCUT2D eigenvalue weighted by Crippen LogP contribution is -2.60. The Morgan fingerprint density at radius 2 is 1.55 bits per heavy atom. The molecule has 0 aromatic heterocycles. The number of carbonyl (C=O) groups is 4. The van der Waals surface area contributed by atoms with E-state index in [2.05, 4.69) is 6.92 Å². The molecule has 5 aliphatic rings. The third-order valence-electron chi connectivity index (χ3n) is 11.0. The lowest BCUT2D eigenvalue weighted by molar-refractivity contribution is -0.159. The molecule has 6 heteroatoms. The van der Waals surface area contributed by atoms with Gasteiger partial charge >= 0.3 is 5.97 Å². The number of ketones is 3. The fraction of sp³-hybridized carbons (Fsp3) is 0.778. The highest BCUT2D eigenvalue weighted by molar-refractivity contribution is 6.05. The first-order valence-corrected chi connectivity index (χ1v) is 12.4. The van der Waals surface area contributed by atoms with Crippen LogP contribution in [0.5, 0.6) is 0 Å². The number of ether oxygens (including phenoxy) is 1. The summed E-state index contributed by atoms with van der Waals surface area (Å²) >= 11 is 0. The zero-order chi connectivity index (χ0) is 24.4. The number of allylic oxidation sites excluding steroid dienone is 1. The molecule has 7 atom stereocenters. The van der Waals surface area contributed by atoms with Gasteiger partial charge in [0.25, 0.3) is 0 Å². The number of fused-ring (bicyclic) bond motifs is 4. The lowest BCUT2D eigenvalue weighted by atomic mass is 9.42. The van der Waals surface area contributed by atoms with Crippen molar-refractivity contribution >= 4 is 23.3 Å². The van der Waals surface area contributed by atoms with Gasteiger partial charge in [-0.1, -0.05) is 27.7 Å². The van der Waals surface area contributed by atoms with Gasteiger partial charge in [-0.2, -0.15) is 0 Å². The number of hydrogen-bond acceptors (Lipinski definition) is 6. The molecule has 180 valence electrons. The highest BCUT2D eigenvalue weighted by Gasteiger charge is 2.72. The summed E-state index contributed by atoms with van der Waals surface area (Å²) in [4.78, 5) is 52.6. The van der Waals surface area contributed by atoms with Crippen molar-refractivity contribution in [3.63, 3.8) is 0 Å². The molecule has 0 aromatic carbocycles. The monoisotopic (exact) mass is 456 g/mol. The van der Waals surface area contributed by atoms with E-state index >= 15 is 0 Å². The number of aliphatic hydroxyl groups is 1. The maximum Gasteiger partial charge on any atom is 0.306 e. The predicted molar refractivity (Wildman–Crippen MR) is 120 cm³/mol. The van der Waals surface area contributed by atoms with Crippen molar-refractivity contribution in [1.29, 1.82) is 0 Å².